The van der Waals surface area contributed by atoms with Gasteiger partial charge < -0.3 is 16.0 Å². The van der Waals surface area contributed by atoms with Crippen LogP contribution in [0.3, 0.4) is 0 Å². The second-order valence-corrected chi connectivity index (χ2v) is 5.38. The van der Waals surface area contributed by atoms with Crippen molar-refractivity contribution in [2.75, 3.05) is 13.1 Å². The first kappa shape index (κ1) is 13.9. The molecule has 1 aliphatic rings. The summed E-state index contributed by atoms with van der Waals surface area (Å²) in [5.41, 5.74) is 8.27. The second-order valence-electron chi connectivity index (χ2n) is 5.38. The summed E-state index contributed by atoms with van der Waals surface area (Å²) >= 11 is 0. The largest absolute Gasteiger partial charge is 0.329 e. The summed E-state index contributed by atoms with van der Waals surface area (Å²) in [4.78, 5) is 13.6. The number of aryl methyl sites for hydroxylation is 1. The summed E-state index contributed by atoms with van der Waals surface area (Å²) in [7, 11) is 0. The van der Waals surface area contributed by atoms with E-state index in [0.29, 0.717) is 13.1 Å². The van der Waals surface area contributed by atoms with Crippen molar-refractivity contribution in [3.05, 3.63) is 35.4 Å². The molecular formula is C15H23N3O. The average molecular weight is 261 g/mol. The Labute approximate surface area is 115 Å². The Kier molecular flexibility index (Phi) is 4.43. The van der Waals surface area contributed by atoms with Crippen LogP contribution in [0.2, 0.25) is 0 Å². The topological polar surface area (TPSA) is 58.4 Å². The monoisotopic (exact) mass is 261 g/mol. The van der Waals surface area contributed by atoms with Gasteiger partial charge in [-0.3, -0.25) is 0 Å². The van der Waals surface area contributed by atoms with Gasteiger partial charge in [0.05, 0.1) is 6.04 Å². The normalized spacial score (nSPS) is 20.5. The van der Waals surface area contributed by atoms with Crippen molar-refractivity contribution in [2.24, 2.45) is 5.73 Å². The molecule has 4 heteroatoms. The van der Waals surface area contributed by atoms with Gasteiger partial charge in [0.2, 0.25) is 0 Å². The van der Waals surface area contributed by atoms with Crippen LogP contribution in [0.5, 0.6) is 0 Å². The fraction of sp³-hybridized carbons (Fsp3) is 0.533. The van der Waals surface area contributed by atoms with E-state index in [-0.39, 0.29) is 18.1 Å². The Hall–Kier alpha value is -1.55. The Morgan fingerprint density at radius 1 is 1.42 bits per heavy atom. The SMILES string of the molecule is CCCc1ccc(C2CN(CC(C)N)C(=O)N2)cc1. The molecule has 0 radical (unpaired) electrons. The number of hydrogen-bond acceptors (Lipinski definition) is 2. The third-order valence-electron chi connectivity index (χ3n) is 3.42. The summed E-state index contributed by atoms with van der Waals surface area (Å²) < 4.78 is 0. The zero-order valence-electron chi connectivity index (χ0n) is 11.7. The molecule has 2 unspecified atom stereocenters. The number of carbonyl (C=O) groups is 1. The van der Waals surface area contributed by atoms with Gasteiger partial charge in [-0.15, -0.1) is 0 Å². The summed E-state index contributed by atoms with van der Waals surface area (Å²) in [6.45, 7) is 5.40. The molecule has 2 atom stereocenters. The number of benzene rings is 1. The minimum Gasteiger partial charge on any atom is -0.329 e. The van der Waals surface area contributed by atoms with E-state index < -0.39 is 0 Å². The molecule has 1 aromatic carbocycles. The highest BCUT2D eigenvalue weighted by Crippen LogP contribution is 2.21. The van der Waals surface area contributed by atoms with Gasteiger partial charge in [-0.05, 0) is 24.5 Å². The van der Waals surface area contributed by atoms with Gasteiger partial charge in [0.15, 0.2) is 0 Å². The zero-order chi connectivity index (χ0) is 13.8. The number of nitrogens with zero attached hydrogens (tertiary/aromatic N) is 1. The third-order valence-corrected chi connectivity index (χ3v) is 3.42. The molecule has 3 N–H and O–H groups in total. The number of carbonyl (C=O) groups excluding carboxylic acids is 1. The van der Waals surface area contributed by atoms with Gasteiger partial charge in [0.25, 0.3) is 0 Å². The minimum atomic E-state index is -0.0139. The van der Waals surface area contributed by atoms with Crippen LogP contribution in [0.1, 0.15) is 37.4 Å². The quantitative estimate of drug-likeness (QED) is 0.852. The van der Waals surface area contributed by atoms with E-state index in [9.17, 15) is 4.79 Å². The lowest BCUT2D eigenvalue weighted by molar-refractivity contribution is 0.215. The van der Waals surface area contributed by atoms with E-state index in [1.807, 2.05) is 6.92 Å². The van der Waals surface area contributed by atoms with E-state index in [0.717, 1.165) is 12.8 Å². The zero-order valence-corrected chi connectivity index (χ0v) is 11.7. The lowest BCUT2D eigenvalue weighted by atomic mass is 10.0. The van der Waals surface area contributed by atoms with Crippen molar-refractivity contribution >= 4 is 6.03 Å². The Morgan fingerprint density at radius 2 is 2.11 bits per heavy atom. The maximum atomic E-state index is 11.8. The molecule has 19 heavy (non-hydrogen) atoms. The maximum Gasteiger partial charge on any atom is 0.318 e. The number of hydrogen-bond donors (Lipinski definition) is 2. The van der Waals surface area contributed by atoms with Gasteiger partial charge in [-0.1, -0.05) is 37.6 Å². The van der Waals surface area contributed by atoms with E-state index in [2.05, 4.69) is 36.5 Å². The van der Waals surface area contributed by atoms with Crippen molar-refractivity contribution in [2.45, 2.75) is 38.8 Å². The van der Waals surface area contributed by atoms with Crippen LogP contribution >= 0.6 is 0 Å². The molecule has 4 nitrogen and oxygen atoms in total. The van der Waals surface area contributed by atoms with E-state index in [1.54, 1.807) is 4.90 Å². The first-order chi connectivity index (χ1) is 9.10. The highest BCUT2D eigenvalue weighted by molar-refractivity contribution is 5.77. The van der Waals surface area contributed by atoms with E-state index >= 15 is 0 Å². The predicted molar refractivity (Wildman–Crippen MR) is 76.9 cm³/mol. The summed E-state index contributed by atoms with van der Waals surface area (Å²) in [5, 5.41) is 3.01. The van der Waals surface area contributed by atoms with Crippen LogP contribution < -0.4 is 11.1 Å². The number of nitrogens with one attached hydrogen (secondary N) is 1. The first-order valence-electron chi connectivity index (χ1n) is 7.00. The number of rotatable bonds is 5. The lowest BCUT2D eigenvalue weighted by Gasteiger charge is -2.17. The summed E-state index contributed by atoms with van der Waals surface area (Å²) in [6.07, 6.45) is 2.26. The number of amides is 2. The van der Waals surface area contributed by atoms with Crippen molar-refractivity contribution in [1.82, 2.24) is 10.2 Å². The lowest BCUT2D eigenvalue weighted by Crippen LogP contribution is -2.37. The van der Waals surface area contributed by atoms with Gasteiger partial charge in [-0.25, -0.2) is 4.79 Å². The van der Waals surface area contributed by atoms with Crippen LogP contribution in [-0.2, 0) is 6.42 Å². The Balaban J connectivity index is 2.01. The average Bonchev–Trinajstić information content (AvgIpc) is 2.71. The fourth-order valence-corrected chi connectivity index (χ4v) is 2.49. The molecule has 1 saturated heterocycles. The highest BCUT2D eigenvalue weighted by Gasteiger charge is 2.29. The molecule has 1 aromatic rings. The first-order valence-corrected chi connectivity index (χ1v) is 7.00. The summed E-state index contributed by atoms with van der Waals surface area (Å²) in [6, 6.07) is 8.62. The Morgan fingerprint density at radius 3 is 2.68 bits per heavy atom. The standard InChI is InChI=1S/C15H23N3O/c1-3-4-12-5-7-13(8-6-12)14-10-18(9-11(2)16)15(19)17-14/h5-8,11,14H,3-4,9-10,16H2,1-2H3,(H,17,19). The van der Waals surface area contributed by atoms with Crippen molar-refractivity contribution in [3.63, 3.8) is 0 Å². The van der Waals surface area contributed by atoms with Crippen LogP contribution in [0.25, 0.3) is 0 Å². The third kappa shape index (κ3) is 3.47. The molecule has 0 spiro atoms. The van der Waals surface area contributed by atoms with Crippen LogP contribution in [0.4, 0.5) is 4.79 Å². The predicted octanol–water partition coefficient (Wildman–Crippen LogP) is 2.05. The minimum absolute atomic E-state index is 0.0106. The number of urea groups is 1. The molecule has 0 aliphatic carbocycles. The molecule has 1 heterocycles. The molecular weight excluding hydrogens is 238 g/mol. The highest BCUT2D eigenvalue weighted by atomic mass is 16.2. The molecule has 2 amide bonds. The van der Waals surface area contributed by atoms with Gasteiger partial charge in [0.1, 0.15) is 0 Å². The van der Waals surface area contributed by atoms with Crippen LogP contribution in [-0.4, -0.2) is 30.1 Å². The number of nitrogens with two attached hydrogens (primary N) is 1. The van der Waals surface area contributed by atoms with Crippen LogP contribution in [0, 0.1) is 0 Å². The van der Waals surface area contributed by atoms with Gasteiger partial charge in [-0.2, -0.15) is 0 Å². The molecule has 1 fully saturated rings. The Bertz CT molecular complexity index is 428. The molecule has 0 saturated carbocycles. The van der Waals surface area contributed by atoms with Gasteiger partial charge in [0, 0.05) is 19.1 Å². The molecule has 104 valence electrons. The van der Waals surface area contributed by atoms with E-state index in [1.165, 1.54) is 11.1 Å². The molecule has 1 aliphatic heterocycles. The van der Waals surface area contributed by atoms with Gasteiger partial charge >= 0.3 is 6.03 Å². The van der Waals surface area contributed by atoms with Crippen molar-refractivity contribution in [3.8, 4) is 0 Å². The second kappa shape index (κ2) is 6.06. The molecule has 2 rings (SSSR count). The maximum absolute atomic E-state index is 11.8. The smallest absolute Gasteiger partial charge is 0.318 e. The fourth-order valence-electron chi connectivity index (χ4n) is 2.49. The van der Waals surface area contributed by atoms with E-state index in [4.69, 9.17) is 5.73 Å². The van der Waals surface area contributed by atoms with Crippen molar-refractivity contribution in [1.29, 1.82) is 0 Å². The summed E-state index contributed by atoms with van der Waals surface area (Å²) in [5.74, 6) is 0. The van der Waals surface area contributed by atoms with Crippen molar-refractivity contribution < 1.29 is 4.79 Å². The van der Waals surface area contributed by atoms with Crippen LogP contribution in [0.15, 0.2) is 24.3 Å². The molecule has 0 bridgehead atoms. The molecule has 0 aromatic heterocycles.